The summed E-state index contributed by atoms with van der Waals surface area (Å²) in [6.45, 7) is 5.60. The number of nitrogens with one attached hydrogen (secondary N) is 1. The molecule has 1 N–H and O–H groups in total. The van der Waals surface area contributed by atoms with Gasteiger partial charge in [0.2, 0.25) is 0 Å². The van der Waals surface area contributed by atoms with Crippen molar-refractivity contribution >= 4 is 0 Å². The van der Waals surface area contributed by atoms with Gasteiger partial charge in [-0.25, -0.2) is 0 Å². The summed E-state index contributed by atoms with van der Waals surface area (Å²) in [7, 11) is 4.35. The first kappa shape index (κ1) is 14.5. The fourth-order valence-corrected chi connectivity index (χ4v) is 3.64. The highest BCUT2D eigenvalue weighted by Gasteiger charge is 2.34. The van der Waals surface area contributed by atoms with Gasteiger partial charge in [0, 0.05) is 19.6 Å². The average Bonchev–Trinajstić information content (AvgIpc) is 2.77. The molecule has 0 radical (unpaired) electrons. The second kappa shape index (κ2) is 6.53. The summed E-state index contributed by atoms with van der Waals surface area (Å²) < 4.78 is 0. The van der Waals surface area contributed by atoms with Crippen LogP contribution in [0.25, 0.3) is 0 Å². The molecular formula is C17H28N2. The Hall–Kier alpha value is -0.860. The monoisotopic (exact) mass is 260 g/mol. The number of benzene rings is 1. The number of hydrogen-bond donors (Lipinski definition) is 1. The van der Waals surface area contributed by atoms with E-state index in [4.69, 9.17) is 0 Å². The Morgan fingerprint density at radius 2 is 2.00 bits per heavy atom. The van der Waals surface area contributed by atoms with E-state index in [9.17, 15) is 0 Å². The van der Waals surface area contributed by atoms with Crippen molar-refractivity contribution in [3.8, 4) is 0 Å². The minimum Gasteiger partial charge on any atom is -0.319 e. The first-order chi connectivity index (χ1) is 9.13. The zero-order chi connectivity index (χ0) is 13.7. The Labute approximate surface area is 118 Å². The summed E-state index contributed by atoms with van der Waals surface area (Å²) in [4.78, 5) is 2.50. The Morgan fingerprint density at radius 1 is 1.26 bits per heavy atom. The van der Waals surface area contributed by atoms with Crippen molar-refractivity contribution in [3.05, 3.63) is 35.4 Å². The molecule has 1 aromatic rings. The van der Waals surface area contributed by atoms with Crippen LogP contribution in [0.15, 0.2) is 24.3 Å². The third-order valence-corrected chi connectivity index (χ3v) is 4.36. The van der Waals surface area contributed by atoms with Gasteiger partial charge < -0.3 is 10.2 Å². The quantitative estimate of drug-likeness (QED) is 0.845. The average molecular weight is 260 g/mol. The molecule has 0 bridgehead atoms. The number of hydrogen-bond acceptors (Lipinski definition) is 2. The predicted molar refractivity (Wildman–Crippen MR) is 82.3 cm³/mol. The van der Waals surface area contributed by atoms with E-state index >= 15 is 0 Å². The maximum atomic E-state index is 3.40. The Bertz CT molecular complexity index is 394. The summed E-state index contributed by atoms with van der Waals surface area (Å²) in [6, 6.07) is 8.87. The SMILES string of the molecule is CNCC1(CN(C)Cc2cccc(C)c2)CCCC1. The summed E-state index contributed by atoms with van der Waals surface area (Å²) >= 11 is 0. The highest BCUT2D eigenvalue weighted by atomic mass is 15.1. The molecule has 1 saturated carbocycles. The van der Waals surface area contributed by atoms with Crippen molar-refractivity contribution in [1.29, 1.82) is 0 Å². The maximum Gasteiger partial charge on any atom is 0.0231 e. The second-order valence-corrected chi connectivity index (χ2v) is 6.40. The van der Waals surface area contributed by atoms with Crippen molar-refractivity contribution in [3.63, 3.8) is 0 Å². The smallest absolute Gasteiger partial charge is 0.0231 e. The van der Waals surface area contributed by atoms with Crippen LogP contribution in [0.3, 0.4) is 0 Å². The third-order valence-electron chi connectivity index (χ3n) is 4.36. The predicted octanol–water partition coefficient (Wildman–Crippen LogP) is 3.21. The lowest BCUT2D eigenvalue weighted by atomic mass is 9.85. The highest BCUT2D eigenvalue weighted by molar-refractivity contribution is 5.22. The Kier molecular flexibility index (Phi) is 5.00. The van der Waals surface area contributed by atoms with Gasteiger partial charge in [-0.1, -0.05) is 42.7 Å². The normalized spacial score (nSPS) is 18.1. The largest absolute Gasteiger partial charge is 0.319 e. The molecule has 0 aromatic heterocycles. The van der Waals surface area contributed by atoms with E-state index in [1.165, 1.54) is 43.4 Å². The third kappa shape index (κ3) is 4.05. The zero-order valence-corrected chi connectivity index (χ0v) is 12.7. The first-order valence-corrected chi connectivity index (χ1v) is 7.52. The lowest BCUT2D eigenvalue weighted by molar-refractivity contribution is 0.170. The fraction of sp³-hybridized carbons (Fsp3) is 0.647. The summed E-state index contributed by atoms with van der Waals surface area (Å²) in [6.07, 6.45) is 5.57. The van der Waals surface area contributed by atoms with Crippen LogP contribution in [-0.4, -0.2) is 32.1 Å². The Morgan fingerprint density at radius 3 is 2.63 bits per heavy atom. The molecule has 1 fully saturated rings. The van der Waals surface area contributed by atoms with Crippen LogP contribution in [0.4, 0.5) is 0 Å². The molecule has 0 amide bonds. The number of nitrogens with zero attached hydrogens (tertiary/aromatic N) is 1. The topological polar surface area (TPSA) is 15.3 Å². The van der Waals surface area contributed by atoms with E-state index in [2.05, 4.69) is 55.5 Å². The highest BCUT2D eigenvalue weighted by Crippen LogP contribution is 2.38. The van der Waals surface area contributed by atoms with Crippen LogP contribution < -0.4 is 5.32 Å². The van der Waals surface area contributed by atoms with Crippen molar-refractivity contribution < 1.29 is 0 Å². The van der Waals surface area contributed by atoms with Crippen LogP contribution in [-0.2, 0) is 6.54 Å². The molecule has 0 atom stereocenters. The van der Waals surface area contributed by atoms with E-state index in [-0.39, 0.29) is 0 Å². The molecule has 1 aromatic carbocycles. The van der Waals surface area contributed by atoms with E-state index in [1.54, 1.807) is 0 Å². The van der Waals surface area contributed by atoms with E-state index in [0.717, 1.165) is 13.1 Å². The van der Waals surface area contributed by atoms with Crippen molar-refractivity contribution in [1.82, 2.24) is 10.2 Å². The first-order valence-electron chi connectivity index (χ1n) is 7.52. The second-order valence-electron chi connectivity index (χ2n) is 6.40. The van der Waals surface area contributed by atoms with Crippen LogP contribution in [0.2, 0.25) is 0 Å². The lowest BCUT2D eigenvalue weighted by Crippen LogP contribution is -2.40. The van der Waals surface area contributed by atoms with Gasteiger partial charge in [-0.15, -0.1) is 0 Å². The van der Waals surface area contributed by atoms with Crippen LogP contribution >= 0.6 is 0 Å². The van der Waals surface area contributed by atoms with Crippen molar-refractivity contribution in [2.45, 2.75) is 39.2 Å². The van der Waals surface area contributed by atoms with Gasteiger partial charge in [-0.05, 0) is 44.8 Å². The van der Waals surface area contributed by atoms with Crippen molar-refractivity contribution in [2.75, 3.05) is 27.2 Å². The van der Waals surface area contributed by atoms with Gasteiger partial charge in [0.25, 0.3) is 0 Å². The molecule has 2 rings (SSSR count). The number of rotatable bonds is 6. The lowest BCUT2D eigenvalue weighted by Gasteiger charge is -2.33. The van der Waals surface area contributed by atoms with Crippen LogP contribution in [0.1, 0.15) is 36.8 Å². The molecule has 0 heterocycles. The summed E-state index contributed by atoms with van der Waals surface area (Å²) in [5.74, 6) is 0. The van der Waals surface area contributed by atoms with Gasteiger partial charge in [0.05, 0.1) is 0 Å². The van der Waals surface area contributed by atoms with E-state index in [1.807, 2.05) is 0 Å². The van der Waals surface area contributed by atoms with Gasteiger partial charge in [0.1, 0.15) is 0 Å². The molecule has 1 aliphatic rings. The maximum absolute atomic E-state index is 3.40. The van der Waals surface area contributed by atoms with E-state index < -0.39 is 0 Å². The summed E-state index contributed by atoms with van der Waals surface area (Å²) in [5.41, 5.74) is 3.30. The van der Waals surface area contributed by atoms with Gasteiger partial charge in [-0.2, -0.15) is 0 Å². The molecule has 0 aliphatic heterocycles. The van der Waals surface area contributed by atoms with Gasteiger partial charge >= 0.3 is 0 Å². The van der Waals surface area contributed by atoms with Crippen molar-refractivity contribution in [2.24, 2.45) is 5.41 Å². The molecule has 1 aliphatic carbocycles. The minimum absolute atomic E-state index is 0.507. The minimum atomic E-state index is 0.507. The molecule has 0 saturated heterocycles. The molecule has 19 heavy (non-hydrogen) atoms. The molecule has 2 heteroatoms. The Balaban J connectivity index is 1.94. The van der Waals surface area contributed by atoms with Gasteiger partial charge in [0.15, 0.2) is 0 Å². The van der Waals surface area contributed by atoms with Crippen LogP contribution in [0, 0.1) is 12.3 Å². The molecule has 0 unspecified atom stereocenters. The molecule has 0 spiro atoms. The molecule has 2 nitrogen and oxygen atoms in total. The fourth-order valence-electron chi connectivity index (χ4n) is 3.64. The number of aryl methyl sites for hydroxylation is 1. The molecular weight excluding hydrogens is 232 g/mol. The van der Waals surface area contributed by atoms with Gasteiger partial charge in [-0.3, -0.25) is 0 Å². The molecule has 106 valence electrons. The van der Waals surface area contributed by atoms with E-state index in [0.29, 0.717) is 5.41 Å². The van der Waals surface area contributed by atoms with Crippen LogP contribution in [0.5, 0.6) is 0 Å². The summed E-state index contributed by atoms with van der Waals surface area (Å²) in [5, 5.41) is 3.40. The standard InChI is InChI=1S/C17H28N2/c1-15-7-6-8-16(11-15)12-19(3)14-17(13-18-2)9-4-5-10-17/h6-8,11,18H,4-5,9-10,12-14H2,1-3H3. The zero-order valence-electron chi connectivity index (χ0n) is 12.7.